The molecule has 7 nitrogen and oxygen atoms in total. The van der Waals surface area contributed by atoms with E-state index in [9.17, 15) is 13.2 Å². The van der Waals surface area contributed by atoms with E-state index in [4.69, 9.17) is 9.15 Å². The van der Waals surface area contributed by atoms with E-state index in [0.717, 1.165) is 0 Å². The fourth-order valence-corrected chi connectivity index (χ4v) is 2.57. The summed E-state index contributed by atoms with van der Waals surface area (Å²) in [5.41, 5.74) is -0.709. The number of aryl methyl sites for hydroxylation is 2. The molecule has 126 valence electrons. The van der Waals surface area contributed by atoms with Crippen molar-refractivity contribution in [2.24, 2.45) is 7.05 Å². The highest BCUT2D eigenvalue weighted by atomic mass is 19.4. The molecule has 2 aromatic rings. The van der Waals surface area contributed by atoms with Gasteiger partial charge in [-0.2, -0.15) is 18.3 Å². The van der Waals surface area contributed by atoms with Gasteiger partial charge in [-0.05, 0) is 0 Å². The average Bonchev–Trinajstić information content (AvgIpc) is 3.05. The standard InChI is InChI=1S/C13H16F3N5O2/c1-8-17-18-12(23-8)10-7-21(3-4-22-10)6-9-5-20(2)19-11(9)13(14,15)16/h5,10H,3-4,6-7H2,1-2H3. The molecule has 0 radical (unpaired) electrons. The third-order valence-corrected chi connectivity index (χ3v) is 3.53. The van der Waals surface area contributed by atoms with Gasteiger partial charge < -0.3 is 9.15 Å². The molecule has 3 heterocycles. The predicted octanol–water partition coefficient (Wildman–Crippen LogP) is 1.70. The summed E-state index contributed by atoms with van der Waals surface area (Å²) in [5.74, 6) is 0.766. The van der Waals surface area contributed by atoms with Crippen LogP contribution >= 0.6 is 0 Å². The molecule has 0 saturated carbocycles. The van der Waals surface area contributed by atoms with Gasteiger partial charge in [-0.25, -0.2) is 0 Å². The Morgan fingerprint density at radius 1 is 1.35 bits per heavy atom. The van der Waals surface area contributed by atoms with Crippen LogP contribution in [0.15, 0.2) is 10.6 Å². The van der Waals surface area contributed by atoms with Crippen LogP contribution in [-0.2, 0) is 24.5 Å². The average molecular weight is 331 g/mol. The summed E-state index contributed by atoms with van der Waals surface area (Å²) in [6.07, 6.45) is -3.51. The van der Waals surface area contributed by atoms with Gasteiger partial charge in [-0.1, -0.05) is 0 Å². The molecule has 1 aliphatic rings. The Balaban J connectivity index is 1.73. The van der Waals surface area contributed by atoms with Crippen LogP contribution in [0, 0.1) is 6.92 Å². The van der Waals surface area contributed by atoms with Gasteiger partial charge >= 0.3 is 6.18 Å². The molecule has 23 heavy (non-hydrogen) atoms. The van der Waals surface area contributed by atoms with Gasteiger partial charge in [0.25, 0.3) is 0 Å². The molecule has 1 saturated heterocycles. The Labute approximate surface area is 130 Å². The Morgan fingerprint density at radius 2 is 2.13 bits per heavy atom. The number of ether oxygens (including phenoxy) is 1. The van der Waals surface area contributed by atoms with Crippen LogP contribution in [0.5, 0.6) is 0 Å². The number of alkyl halides is 3. The number of morpholine rings is 1. The normalized spacial score (nSPS) is 20.1. The summed E-state index contributed by atoms with van der Waals surface area (Å²) < 4.78 is 51.1. The second-order valence-corrected chi connectivity index (χ2v) is 5.43. The zero-order valence-corrected chi connectivity index (χ0v) is 12.7. The Morgan fingerprint density at radius 3 is 2.78 bits per heavy atom. The van der Waals surface area contributed by atoms with Crippen molar-refractivity contribution in [3.05, 3.63) is 29.2 Å². The SMILES string of the molecule is Cc1nnc(C2CN(Cc3cn(C)nc3C(F)(F)F)CCO2)o1. The largest absolute Gasteiger partial charge is 0.435 e. The quantitative estimate of drug-likeness (QED) is 0.853. The van der Waals surface area contributed by atoms with Crippen molar-refractivity contribution < 1.29 is 22.3 Å². The van der Waals surface area contributed by atoms with Crippen molar-refractivity contribution >= 4 is 0 Å². The lowest BCUT2D eigenvalue weighted by atomic mass is 10.2. The molecular formula is C13H16F3N5O2. The topological polar surface area (TPSA) is 69.2 Å². The molecule has 3 rings (SSSR count). The van der Waals surface area contributed by atoms with Crippen LogP contribution < -0.4 is 0 Å². The second kappa shape index (κ2) is 5.93. The van der Waals surface area contributed by atoms with Gasteiger partial charge in [0.15, 0.2) is 5.69 Å². The third kappa shape index (κ3) is 3.53. The lowest BCUT2D eigenvalue weighted by Gasteiger charge is -2.31. The summed E-state index contributed by atoms with van der Waals surface area (Å²) >= 11 is 0. The van der Waals surface area contributed by atoms with E-state index < -0.39 is 18.0 Å². The van der Waals surface area contributed by atoms with Crippen LogP contribution in [-0.4, -0.2) is 44.6 Å². The Hall–Kier alpha value is -1.94. The summed E-state index contributed by atoms with van der Waals surface area (Å²) in [5, 5.41) is 11.2. The first-order valence-electron chi connectivity index (χ1n) is 7.06. The van der Waals surface area contributed by atoms with Gasteiger partial charge in [-0.3, -0.25) is 9.58 Å². The minimum Gasteiger partial charge on any atom is -0.423 e. The maximum atomic E-state index is 13.0. The van der Waals surface area contributed by atoms with Crippen molar-refractivity contribution in [3.8, 4) is 0 Å². The van der Waals surface area contributed by atoms with E-state index in [1.54, 1.807) is 6.92 Å². The van der Waals surface area contributed by atoms with Crippen LogP contribution in [0.3, 0.4) is 0 Å². The van der Waals surface area contributed by atoms with Gasteiger partial charge in [-0.15, -0.1) is 10.2 Å². The molecule has 0 aromatic carbocycles. The van der Waals surface area contributed by atoms with Gasteiger partial charge in [0, 0.05) is 45.4 Å². The molecule has 0 bridgehead atoms. The fourth-order valence-electron chi connectivity index (χ4n) is 2.57. The zero-order valence-electron chi connectivity index (χ0n) is 12.7. The first-order chi connectivity index (χ1) is 10.8. The predicted molar refractivity (Wildman–Crippen MR) is 71.2 cm³/mol. The highest BCUT2D eigenvalue weighted by Crippen LogP contribution is 2.32. The van der Waals surface area contributed by atoms with E-state index in [1.165, 1.54) is 17.9 Å². The van der Waals surface area contributed by atoms with E-state index in [2.05, 4.69) is 15.3 Å². The number of halogens is 3. The van der Waals surface area contributed by atoms with Gasteiger partial charge in [0.1, 0.15) is 6.10 Å². The lowest BCUT2D eigenvalue weighted by molar-refractivity contribution is -0.142. The van der Waals surface area contributed by atoms with Crippen molar-refractivity contribution in [3.63, 3.8) is 0 Å². The first kappa shape index (κ1) is 15.9. The number of hydrogen-bond donors (Lipinski definition) is 0. The van der Waals surface area contributed by atoms with E-state index in [-0.39, 0.29) is 12.1 Å². The van der Waals surface area contributed by atoms with Gasteiger partial charge in [0.2, 0.25) is 11.8 Å². The number of hydrogen-bond acceptors (Lipinski definition) is 6. The molecule has 1 atom stereocenters. The maximum absolute atomic E-state index is 13.0. The molecule has 10 heteroatoms. The summed E-state index contributed by atoms with van der Waals surface area (Å²) in [4.78, 5) is 1.86. The van der Waals surface area contributed by atoms with Crippen molar-refractivity contribution in [1.29, 1.82) is 0 Å². The number of aromatic nitrogens is 4. The monoisotopic (exact) mass is 331 g/mol. The summed E-state index contributed by atoms with van der Waals surface area (Å²) in [6, 6.07) is 0. The highest BCUT2D eigenvalue weighted by Gasteiger charge is 2.37. The van der Waals surface area contributed by atoms with E-state index >= 15 is 0 Å². The summed E-state index contributed by atoms with van der Waals surface area (Å²) in [6.45, 7) is 3.09. The van der Waals surface area contributed by atoms with Crippen LogP contribution in [0.4, 0.5) is 13.2 Å². The number of nitrogens with zero attached hydrogens (tertiary/aromatic N) is 5. The van der Waals surface area contributed by atoms with Gasteiger partial charge in [0.05, 0.1) is 6.61 Å². The molecule has 1 aliphatic heterocycles. The Bertz CT molecular complexity index is 681. The minimum absolute atomic E-state index is 0.135. The summed E-state index contributed by atoms with van der Waals surface area (Å²) in [7, 11) is 1.47. The van der Waals surface area contributed by atoms with E-state index in [1.807, 2.05) is 4.90 Å². The first-order valence-corrected chi connectivity index (χ1v) is 7.06. The lowest BCUT2D eigenvalue weighted by Crippen LogP contribution is -2.38. The molecular weight excluding hydrogens is 315 g/mol. The van der Waals surface area contributed by atoms with Crippen LogP contribution in [0.1, 0.15) is 29.1 Å². The van der Waals surface area contributed by atoms with E-state index in [0.29, 0.717) is 31.5 Å². The Kier molecular flexibility index (Phi) is 4.11. The molecule has 0 spiro atoms. The number of rotatable bonds is 3. The molecule has 2 aromatic heterocycles. The van der Waals surface area contributed by atoms with Crippen molar-refractivity contribution in [2.75, 3.05) is 19.7 Å². The smallest absolute Gasteiger partial charge is 0.423 e. The molecule has 0 aliphatic carbocycles. The highest BCUT2D eigenvalue weighted by molar-refractivity contribution is 5.20. The van der Waals surface area contributed by atoms with Crippen LogP contribution in [0.25, 0.3) is 0 Å². The molecule has 1 unspecified atom stereocenters. The minimum atomic E-state index is -4.47. The molecule has 0 N–H and O–H groups in total. The fraction of sp³-hybridized carbons (Fsp3) is 0.615. The van der Waals surface area contributed by atoms with Crippen molar-refractivity contribution in [1.82, 2.24) is 24.9 Å². The van der Waals surface area contributed by atoms with Crippen molar-refractivity contribution in [2.45, 2.75) is 25.7 Å². The third-order valence-electron chi connectivity index (χ3n) is 3.53. The molecule has 0 amide bonds. The van der Waals surface area contributed by atoms with Crippen LogP contribution in [0.2, 0.25) is 0 Å². The molecule has 1 fully saturated rings. The zero-order chi connectivity index (χ0) is 16.6. The maximum Gasteiger partial charge on any atom is 0.435 e. The second-order valence-electron chi connectivity index (χ2n) is 5.43.